The molecule has 0 amide bonds. The van der Waals surface area contributed by atoms with E-state index in [2.05, 4.69) is 0 Å². The van der Waals surface area contributed by atoms with Crippen molar-refractivity contribution < 1.29 is 4.79 Å². The molecule has 1 aromatic carbocycles. The Morgan fingerprint density at radius 1 is 1.20 bits per heavy atom. The highest BCUT2D eigenvalue weighted by molar-refractivity contribution is 7.12. The molecule has 2 aromatic rings. The van der Waals surface area contributed by atoms with Crippen LogP contribution >= 0.6 is 11.3 Å². The lowest BCUT2D eigenvalue weighted by Gasteiger charge is -1.99. The van der Waals surface area contributed by atoms with Gasteiger partial charge in [-0.05, 0) is 47.7 Å². The first-order valence-electron chi connectivity index (χ1n) is 5.86. The number of thiophene rings is 1. The first-order valence-corrected chi connectivity index (χ1v) is 6.74. The van der Waals surface area contributed by atoms with Crippen molar-refractivity contribution in [2.45, 2.75) is 6.92 Å². The molecule has 0 spiro atoms. The number of aryl methyl sites for hydroxylation is 1. The van der Waals surface area contributed by atoms with Crippen molar-refractivity contribution in [3.05, 3.63) is 62.9 Å². The maximum atomic E-state index is 12.3. The van der Waals surface area contributed by atoms with Gasteiger partial charge in [0.15, 0.2) is 0 Å². The van der Waals surface area contributed by atoms with E-state index in [1.165, 1.54) is 11.3 Å². The summed E-state index contributed by atoms with van der Waals surface area (Å²) in [6, 6.07) is 12.6. The number of hydrogen-bond acceptors (Lipinski definition) is 4. The van der Waals surface area contributed by atoms with E-state index < -0.39 is 0 Å². The molecule has 0 aliphatic carbocycles. The molecule has 0 aliphatic rings. The van der Waals surface area contributed by atoms with Crippen molar-refractivity contribution in [2.24, 2.45) is 0 Å². The number of carbonyl (C=O) groups excluding carboxylic acids is 1. The first-order chi connectivity index (χ1) is 9.65. The number of carbonyl (C=O) groups is 1. The van der Waals surface area contributed by atoms with Crippen molar-refractivity contribution in [2.75, 3.05) is 0 Å². The van der Waals surface area contributed by atoms with Crippen LogP contribution in [0.5, 0.6) is 0 Å². The Labute approximate surface area is 121 Å². The fourth-order valence-corrected chi connectivity index (χ4v) is 2.58. The van der Waals surface area contributed by atoms with Crippen LogP contribution < -0.4 is 0 Å². The zero-order valence-electron chi connectivity index (χ0n) is 10.8. The van der Waals surface area contributed by atoms with Gasteiger partial charge in [-0.3, -0.25) is 4.79 Å². The number of rotatable bonds is 3. The fourth-order valence-electron chi connectivity index (χ4n) is 1.70. The second kappa shape index (κ2) is 5.97. The van der Waals surface area contributed by atoms with Gasteiger partial charge in [-0.1, -0.05) is 12.1 Å². The Morgan fingerprint density at radius 3 is 2.40 bits per heavy atom. The third-order valence-corrected chi connectivity index (χ3v) is 3.80. The van der Waals surface area contributed by atoms with Crippen LogP contribution in [-0.2, 0) is 0 Å². The van der Waals surface area contributed by atoms with Crippen LogP contribution in [-0.4, -0.2) is 5.78 Å². The normalized spacial score (nSPS) is 10.7. The summed E-state index contributed by atoms with van der Waals surface area (Å²) in [6.07, 6.45) is 1.54. The van der Waals surface area contributed by atoms with Crippen LogP contribution in [0.15, 0.2) is 41.3 Å². The van der Waals surface area contributed by atoms with Gasteiger partial charge in [-0.15, -0.1) is 11.3 Å². The molecule has 0 radical (unpaired) electrons. The standard InChI is InChI=1S/C16H10N2OS/c1-11-6-7-20-16(11)15(19)14(10-18)8-12-2-4-13(9-17)5-3-12/h2-8H,1H3/b14-8+. The van der Waals surface area contributed by atoms with Gasteiger partial charge in [0, 0.05) is 0 Å². The van der Waals surface area contributed by atoms with Crippen LogP contribution in [0.3, 0.4) is 0 Å². The minimum Gasteiger partial charge on any atom is -0.287 e. The summed E-state index contributed by atoms with van der Waals surface area (Å²) in [6.45, 7) is 1.85. The van der Waals surface area contributed by atoms with Crippen molar-refractivity contribution in [3.8, 4) is 12.1 Å². The number of allylic oxidation sites excluding steroid dienone is 1. The van der Waals surface area contributed by atoms with Crippen molar-refractivity contribution in [3.63, 3.8) is 0 Å². The monoisotopic (exact) mass is 278 g/mol. The van der Waals surface area contributed by atoms with E-state index in [9.17, 15) is 4.79 Å². The average molecular weight is 278 g/mol. The third-order valence-electron chi connectivity index (χ3n) is 2.78. The maximum absolute atomic E-state index is 12.3. The molecule has 0 N–H and O–H groups in total. The van der Waals surface area contributed by atoms with Crippen LogP contribution in [0.4, 0.5) is 0 Å². The van der Waals surface area contributed by atoms with Gasteiger partial charge in [0.2, 0.25) is 5.78 Å². The van der Waals surface area contributed by atoms with Crippen molar-refractivity contribution >= 4 is 23.2 Å². The quantitative estimate of drug-likeness (QED) is 0.488. The smallest absolute Gasteiger partial charge is 0.213 e. The number of nitrogens with zero attached hydrogens (tertiary/aromatic N) is 2. The zero-order valence-corrected chi connectivity index (χ0v) is 11.6. The zero-order chi connectivity index (χ0) is 14.5. The predicted octanol–water partition coefficient (Wildman–Crippen LogP) is 3.72. The lowest BCUT2D eigenvalue weighted by Crippen LogP contribution is -2.01. The van der Waals surface area contributed by atoms with E-state index in [0.29, 0.717) is 10.4 Å². The van der Waals surface area contributed by atoms with Crippen molar-refractivity contribution in [1.29, 1.82) is 10.5 Å². The number of benzene rings is 1. The second-order valence-electron chi connectivity index (χ2n) is 4.17. The molecule has 1 aromatic heterocycles. The fraction of sp³-hybridized carbons (Fsp3) is 0.0625. The number of Topliss-reactive ketones (excluding diaryl/α,β-unsaturated/α-hetero) is 1. The molecule has 0 saturated carbocycles. The molecule has 3 nitrogen and oxygen atoms in total. The number of hydrogen-bond donors (Lipinski definition) is 0. The Balaban J connectivity index is 2.35. The molecule has 0 fully saturated rings. The van der Waals surface area contributed by atoms with Gasteiger partial charge in [0.05, 0.1) is 16.5 Å². The van der Waals surface area contributed by atoms with Gasteiger partial charge < -0.3 is 0 Å². The van der Waals surface area contributed by atoms with E-state index in [1.54, 1.807) is 30.3 Å². The Bertz CT molecular complexity index is 755. The third kappa shape index (κ3) is 2.83. The summed E-state index contributed by atoms with van der Waals surface area (Å²) in [7, 11) is 0. The summed E-state index contributed by atoms with van der Waals surface area (Å²) < 4.78 is 0. The molecule has 0 atom stereocenters. The van der Waals surface area contributed by atoms with E-state index in [4.69, 9.17) is 10.5 Å². The van der Waals surface area contributed by atoms with Gasteiger partial charge in [0.25, 0.3) is 0 Å². The number of nitriles is 2. The molecule has 0 bridgehead atoms. The molecule has 0 aliphatic heterocycles. The van der Waals surface area contributed by atoms with Gasteiger partial charge >= 0.3 is 0 Å². The van der Waals surface area contributed by atoms with Gasteiger partial charge in [0.1, 0.15) is 11.6 Å². The van der Waals surface area contributed by atoms with Crippen molar-refractivity contribution in [1.82, 2.24) is 0 Å². The summed E-state index contributed by atoms with van der Waals surface area (Å²) >= 11 is 1.33. The van der Waals surface area contributed by atoms with E-state index in [1.807, 2.05) is 30.5 Å². The van der Waals surface area contributed by atoms with E-state index in [-0.39, 0.29) is 11.4 Å². The largest absolute Gasteiger partial charge is 0.287 e. The average Bonchev–Trinajstić information content (AvgIpc) is 2.91. The van der Waals surface area contributed by atoms with Gasteiger partial charge in [-0.25, -0.2) is 0 Å². The second-order valence-corrected chi connectivity index (χ2v) is 5.08. The van der Waals surface area contributed by atoms with Gasteiger partial charge in [-0.2, -0.15) is 10.5 Å². The lowest BCUT2D eigenvalue weighted by atomic mass is 10.0. The van der Waals surface area contributed by atoms with Crippen LogP contribution in [0.25, 0.3) is 6.08 Å². The highest BCUT2D eigenvalue weighted by atomic mass is 32.1. The molecule has 0 unspecified atom stereocenters. The predicted molar refractivity (Wildman–Crippen MR) is 78.1 cm³/mol. The van der Waals surface area contributed by atoms with E-state index in [0.717, 1.165) is 11.1 Å². The lowest BCUT2D eigenvalue weighted by molar-refractivity contribution is 0.104. The minimum atomic E-state index is -0.260. The Morgan fingerprint density at radius 2 is 1.90 bits per heavy atom. The Kier molecular flexibility index (Phi) is 4.10. The molecule has 20 heavy (non-hydrogen) atoms. The van der Waals surface area contributed by atoms with E-state index >= 15 is 0 Å². The van der Waals surface area contributed by atoms with Crippen LogP contribution in [0, 0.1) is 29.6 Å². The molecule has 0 saturated heterocycles. The molecular weight excluding hydrogens is 268 g/mol. The topological polar surface area (TPSA) is 64.7 Å². The Hall–Kier alpha value is -2.69. The summed E-state index contributed by atoms with van der Waals surface area (Å²) in [4.78, 5) is 12.8. The highest BCUT2D eigenvalue weighted by Gasteiger charge is 2.15. The molecule has 2 rings (SSSR count). The summed E-state index contributed by atoms with van der Waals surface area (Å²) in [5.41, 5.74) is 2.24. The van der Waals surface area contributed by atoms with Crippen LogP contribution in [0.2, 0.25) is 0 Å². The summed E-state index contributed by atoms with van der Waals surface area (Å²) in [5.74, 6) is -0.260. The molecule has 1 heterocycles. The maximum Gasteiger partial charge on any atom is 0.213 e. The number of ketones is 1. The first kappa shape index (κ1) is 13.7. The molecular formula is C16H10N2OS. The molecule has 96 valence electrons. The summed E-state index contributed by atoms with van der Waals surface area (Å²) in [5, 5.41) is 19.7. The van der Waals surface area contributed by atoms with Crippen LogP contribution in [0.1, 0.15) is 26.4 Å². The highest BCUT2D eigenvalue weighted by Crippen LogP contribution is 2.21. The molecule has 4 heteroatoms. The SMILES string of the molecule is Cc1ccsc1C(=O)/C(C#N)=C/c1ccc(C#N)cc1. The minimum absolute atomic E-state index is 0.0975.